The van der Waals surface area contributed by atoms with Crippen molar-refractivity contribution in [2.24, 2.45) is 5.92 Å². The summed E-state index contributed by atoms with van der Waals surface area (Å²) in [4.78, 5) is 0. The molecule has 0 saturated carbocycles. The third-order valence-electron chi connectivity index (χ3n) is 2.82. The van der Waals surface area contributed by atoms with Crippen LogP contribution >= 0.6 is 39.1 Å². The molecule has 1 heterocycles. The molecule has 0 amide bonds. The molecule has 5 heteroatoms. The van der Waals surface area contributed by atoms with Crippen LogP contribution in [0.2, 0.25) is 0 Å². The molecular weight excluding hydrogens is 337 g/mol. The van der Waals surface area contributed by atoms with E-state index in [1.165, 1.54) is 0 Å². The molecule has 0 bridgehead atoms. The highest BCUT2D eigenvalue weighted by Gasteiger charge is 2.13. The summed E-state index contributed by atoms with van der Waals surface area (Å²) in [6, 6.07) is 0. The molecule has 0 unspecified atom stereocenters. The minimum Gasteiger partial charge on any atom is -0.384 e. The number of ether oxygens (including phenoxy) is 1. The summed E-state index contributed by atoms with van der Waals surface area (Å²) in [7, 11) is 0. The Labute approximate surface area is 127 Å². The van der Waals surface area contributed by atoms with Crippen LogP contribution in [0, 0.1) is 5.92 Å². The number of hydrogen-bond donors (Lipinski definition) is 1. The van der Waals surface area contributed by atoms with Crippen LogP contribution in [-0.2, 0) is 4.74 Å². The first kappa shape index (κ1) is 16.1. The van der Waals surface area contributed by atoms with Crippen molar-refractivity contribution in [2.75, 3.05) is 19.8 Å². The maximum atomic E-state index is 6.12. The second-order valence-electron chi connectivity index (χ2n) is 4.29. The molecular formula is C13H18BrCl2NO. The number of rotatable bonds is 5. The summed E-state index contributed by atoms with van der Waals surface area (Å²) in [5.74, 6) is 0.629. The fourth-order valence-electron chi connectivity index (χ4n) is 1.60. The Kier molecular flexibility index (Phi) is 7.38. The zero-order chi connectivity index (χ0) is 13.5. The van der Waals surface area contributed by atoms with Crippen LogP contribution in [-0.4, -0.2) is 19.8 Å². The smallest absolute Gasteiger partial charge is 0.0646 e. The Morgan fingerprint density at radius 2 is 2.06 bits per heavy atom. The lowest BCUT2D eigenvalue weighted by molar-refractivity contribution is 0.0671. The van der Waals surface area contributed by atoms with E-state index in [0.717, 1.165) is 37.1 Å². The maximum absolute atomic E-state index is 6.12. The minimum atomic E-state index is 0.533. The number of hydrogen-bond acceptors (Lipinski definition) is 2. The van der Waals surface area contributed by atoms with Crippen molar-refractivity contribution < 1.29 is 4.74 Å². The molecule has 1 fully saturated rings. The average Bonchev–Trinajstić information content (AvgIpc) is 2.36. The summed E-state index contributed by atoms with van der Waals surface area (Å²) in [6.45, 7) is 8.34. The predicted octanol–water partition coefficient (Wildman–Crippen LogP) is 4.50. The predicted molar refractivity (Wildman–Crippen MR) is 82.1 cm³/mol. The van der Waals surface area contributed by atoms with Gasteiger partial charge in [0.05, 0.1) is 10.1 Å². The van der Waals surface area contributed by atoms with Gasteiger partial charge in [0.25, 0.3) is 0 Å². The van der Waals surface area contributed by atoms with Gasteiger partial charge in [-0.3, -0.25) is 0 Å². The van der Waals surface area contributed by atoms with Crippen molar-refractivity contribution in [3.8, 4) is 0 Å². The Hall–Kier alpha value is 0.0400. The quantitative estimate of drug-likeness (QED) is 0.733. The Morgan fingerprint density at radius 3 is 2.61 bits per heavy atom. The Balaban J connectivity index is 2.42. The summed E-state index contributed by atoms with van der Waals surface area (Å²) in [5.41, 5.74) is 0.704. The van der Waals surface area contributed by atoms with Crippen LogP contribution in [0.4, 0.5) is 0 Å². The van der Waals surface area contributed by atoms with Crippen molar-refractivity contribution >= 4 is 39.1 Å². The number of nitrogens with one attached hydrogen (secondary N) is 1. The second-order valence-corrected chi connectivity index (χ2v) is 6.29. The van der Waals surface area contributed by atoms with Crippen molar-refractivity contribution in [1.29, 1.82) is 0 Å². The van der Waals surface area contributed by atoms with Gasteiger partial charge in [0.1, 0.15) is 0 Å². The van der Waals surface area contributed by atoms with Gasteiger partial charge in [-0.25, -0.2) is 0 Å². The van der Waals surface area contributed by atoms with Gasteiger partial charge in [-0.05, 0) is 31.8 Å². The van der Waals surface area contributed by atoms with E-state index < -0.39 is 0 Å². The fourth-order valence-corrected chi connectivity index (χ4v) is 2.06. The number of allylic oxidation sites excluding steroid dienone is 4. The van der Waals surface area contributed by atoms with Crippen molar-refractivity contribution in [1.82, 2.24) is 5.32 Å². The van der Waals surface area contributed by atoms with E-state index in [4.69, 9.17) is 27.9 Å². The van der Waals surface area contributed by atoms with Crippen LogP contribution in [0.3, 0.4) is 0 Å². The molecule has 0 radical (unpaired) electrons. The average molecular weight is 355 g/mol. The molecule has 0 atom stereocenters. The zero-order valence-electron chi connectivity index (χ0n) is 10.4. The van der Waals surface area contributed by atoms with Crippen LogP contribution in [0.25, 0.3) is 0 Å². The molecule has 0 aromatic heterocycles. The second kappa shape index (κ2) is 8.26. The maximum Gasteiger partial charge on any atom is 0.0646 e. The zero-order valence-corrected chi connectivity index (χ0v) is 13.5. The van der Waals surface area contributed by atoms with Crippen LogP contribution in [0.15, 0.2) is 32.9 Å². The van der Waals surface area contributed by atoms with Gasteiger partial charge in [0.15, 0.2) is 0 Å². The first-order valence-corrected chi connectivity index (χ1v) is 7.45. The lowest BCUT2D eigenvalue weighted by atomic mass is 10.0. The van der Waals surface area contributed by atoms with Gasteiger partial charge >= 0.3 is 0 Å². The van der Waals surface area contributed by atoms with Gasteiger partial charge in [-0.2, -0.15) is 0 Å². The van der Waals surface area contributed by atoms with E-state index in [9.17, 15) is 0 Å². The first-order valence-electron chi connectivity index (χ1n) is 5.90. The molecule has 102 valence electrons. The summed E-state index contributed by atoms with van der Waals surface area (Å²) >= 11 is 15.4. The van der Waals surface area contributed by atoms with Gasteiger partial charge in [0.2, 0.25) is 0 Å². The highest BCUT2D eigenvalue weighted by molar-refractivity contribution is 9.11. The molecule has 18 heavy (non-hydrogen) atoms. The molecule has 1 N–H and O–H groups in total. The van der Waals surface area contributed by atoms with Crippen molar-refractivity contribution in [2.45, 2.75) is 19.8 Å². The highest BCUT2D eigenvalue weighted by atomic mass is 79.9. The van der Waals surface area contributed by atoms with E-state index in [0.29, 0.717) is 21.7 Å². The monoisotopic (exact) mass is 353 g/mol. The van der Waals surface area contributed by atoms with Crippen LogP contribution in [0.5, 0.6) is 0 Å². The van der Waals surface area contributed by atoms with Crippen molar-refractivity contribution in [3.05, 3.63) is 32.9 Å². The Morgan fingerprint density at radius 1 is 1.44 bits per heavy atom. The van der Waals surface area contributed by atoms with E-state index in [1.807, 2.05) is 6.92 Å². The van der Waals surface area contributed by atoms with Gasteiger partial charge in [-0.1, -0.05) is 45.7 Å². The largest absolute Gasteiger partial charge is 0.384 e. The Bertz CT molecular complexity index is 356. The van der Waals surface area contributed by atoms with E-state index in [-0.39, 0.29) is 0 Å². The normalized spacial score (nSPS) is 19.4. The standard InChI is InChI=1S/C13H18BrCl2NO/c1-9(14)12(15)7-13(16)10(2)17-8-11-3-5-18-6-4-11/h7,11,17H,2-6,8H2,1H3/b12-9-,13-7+. The van der Waals surface area contributed by atoms with Gasteiger partial charge in [0, 0.05) is 29.9 Å². The topological polar surface area (TPSA) is 21.3 Å². The number of halogens is 3. The molecule has 2 nitrogen and oxygen atoms in total. The summed E-state index contributed by atoms with van der Waals surface area (Å²) in [5, 5.41) is 4.36. The van der Waals surface area contributed by atoms with E-state index in [2.05, 4.69) is 27.8 Å². The van der Waals surface area contributed by atoms with Gasteiger partial charge in [-0.15, -0.1) is 0 Å². The summed E-state index contributed by atoms with van der Waals surface area (Å²) < 4.78 is 6.16. The molecule has 1 aliphatic rings. The molecule has 0 aromatic carbocycles. The third-order valence-corrected chi connectivity index (χ3v) is 4.20. The van der Waals surface area contributed by atoms with E-state index >= 15 is 0 Å². The third kappa shape index (κ3) is 5.79. The molecule has 0 spiro atoms. The lowest BCUT2D eigenvalue weighted by Crippen LogP contribution is -2.27. The molecule has 0 aliphatic carbocycles. The first-order chi connectivity index (χ1) is 8.50. The molecule has 1 saturated heterocycles. The van der Waals surface area contributed by atoms with E-state index in [1.54, 1.807) is 6.08 Å². The minimum absolute atomic E-state index is 0.533. The molecule has 0 aromatic rings. The highest BCUT2D eigenvalue weighted by Crippen LogP contribution is 2.22. The van der Waals surface area contributed by atoms with Crippen LogP contribution < -0.4 is 5.32 Å². The van der Waals surface area contributed by atoms with Crippen molar-refractivity contribution in [3.63, 3.8) is 0 Å². The summed E-state index contributed by atoms with van der Waals surface area (Å²) in [6.07, 6.45) is 3.86. The molecule has 1 aliphatic heterocycles. The lowest BCUT2D eigenvalue weighted by Gasteiger charge is -2.23. The molecule has 1 rings (SSSR count). The SMILES string of the molecule is C=C(NCC1CCOCC1)/C(Cl)=C\C(Cl)=C(/C)Br. The fraction of sp³-hybridized carbons (Fsp3) is 0.538. The van der Waals surface area contributed by atoms with Gasteiger partial charge < -0.3 is 10.1 Å². The van der Waals surface area contributed by atoms with Crippen LogP contribution in [0.1, 0.15) is 19.8 Å².